The molecular weight excluding hydrogens is 762 g/mol. The Labute approximate surface area is 350 Å². The van der Waals surface area contributed by atoms with E-state index in [2.05, 4.69) is 5.32 Å². The van der Waals surface area contributed by atoms with Crippen molar-refractivity contribution in [3.8, 4) is 0 Å². The van der Waals surface area contributed by atoms with E-state index in [4.69, 9.17) is 16.3 Å². The largest absolute Gasteiger partial charge is 0.460 e. The van der Waals surface area contributed by atoms with Crippen LogP contribution in [0.4, 0.5) is 0 Å². The molecule has 58 heavy (non-hydrogen) atoms. The molecule has 4 fully saturated rings. The lowest BCUT2D eigenvalue weighted by atomic mass is 9.81. The average molecular weight is 831 g/mol. The van der Waals surface area contributed by atoms with E-state index in [-0.39, 0.29) is 36.0 Å². The fraction of sp³-hybridized carbons (Fsp3) is 0.727. The van der Waals surface area contributed by atoms with Crippen LogP contribution in [0.25, 0.3) is 0 Å². The zero-order chi connectivity index (χ0) is 43.2. The van der Waals surface area contributed by atoms with Crippen molar-refractivity contribution in [2.24, 2.45) is 29.1 Å². The molecule has 5 rings (SSSR count). The average Bonchev–Trinajstić information content (AvgIpc) is 3.69. The van der Waals surface area contributed by atoms with Gasteiger partial charge in [0.05, 0.1) is 12.0 Å². The molecule has 2 N–H and O–H groups in total. The van der Waals surface area contributed by atoms with Gasteiger partial charge in [0.2, 0.25) is 29.5 Å². The quantitative estimate of drug-likeness (QED) is 0.327. The SMILES string of the molecule is CC[C@H](C)[C@H]1C(=O)N2CCC[C@H]2C(=O)O[C@H](C(C)(C)C)C[C@@H](C)C[C@H](O)[C@@H](C)C(=O)N2CCC(CC2)C(=O)N[C@@H](Cc2ccc(Cl)cc2)C(=O)N(C)[C@H](C)C(=O)N1C. The second kappa shape index (κ2) is 20.0. The van der Waals surface area contributed by atoms with Crippen molar-refractivity contribution in [2.75, 3.05) is 33.7 Å². The number of hydrogen-bond acceptors (Lipinski definition) is 8. The minimum Gasteiger partial charge on any atom is -0.460 e. The van der Waals surface area contributed by atoms with E-state index in [9.17, 15) is 33.9 Å². The van der Waals surface area contributed by atoms with Gasteiger partial charge in [-0.15, -0.1) is 0 Å². The van der Waals surface area contributed by atoms with Crippen molar-refractivity contribution < 1.29 is 38.6 Å². The van der Waals surface area contributed by atoms with Crippen molar-refractivity contribution in [1.82, 2.24) is 24.9 Å². The molecule has 0 radical (unpaired) electrons. The number of esters is 1. The third kappa shape index (κ3) is 11.3. The molecule has 0 spiro atoms. The molecule has 4 heterocycles. The van der Waals surface area contributed by atoms with Crippen LogP contribution in [0, 0.1) is 29.1 Å². The van der Waals surface area contributed by atoms with Crippen molar-refractivity contribution in [1.29, 1.82) is 0 Å². The molecule has 14 heteroatoms. The van der Waals surface area contributed by atoms with Crippen molar-refractivity contribution in [3.63, 3.8) is 0 Å². The van der Waals surface area contributed by atoms with Crippen LogP contribution in [-0.2, 0) is 39.9 Å². The second-order valence-corrected chi connectivity index (χ2v) is 18.7. The lowest BCUT2D eigenvalue weighted by Gasteiger charge is -2.39. The summed E-state index contributed by atoms with van der Waals surface area (Å²) >= 11 is 6.14. The number of carbonyl (C=O) groups excluding carboxylic acids is 6. The minimum atomic E-state index is -1.02. The summed E-state index contributed by atoms with van der Waals surface area (Å²) in [5.41, 5.74) is 0.303. The lowest BCUT2D eigenvalue weighted by Crippen LogP contribution is -2.59. The number of benzene rings is 1. The Morgan fingerprint density at radius 2 is 1.48 bits per heavy atom. The summed E-state index contributed by atoms with van der Waals surface area (Å²) in [6, 6.07) is 3.22. The van der Waals surface area contributed by atoms with E-state index in [1.54, 1.807) is 55.0 Å². The van der Waals surface area contributed by atoms with Gasteiger partial charge in [-0.2, -0.15) is 0 Å². The maximum Gasteiger partial charge on any atom is 0.329 e. The predicted molar refractivity (Wildman–Crippen MR) is 222 cm³/mol. The first kappa shape index (κ1) is 47.0. The van der Waals surface area contributed by atoms with Crippen LogP contribution in [0.1, 0.15) is 106 Å². The molecule has 0 unspecified atom stereocenters. The molecule has 4 aliphatic heterocycles. The summed E-state index contributed by atoms with van der Waals surface area (Å²) in [4.78, 5) is 90.6. The van der Waals surface area contributed by atoms with E-state index >= 15 is 0 Å². The van der Waals surface area contributed by atoms with E-state index in [1.807, 2.05) is 41.5 Å². The van der Waals surface area contributed by atoms with Gasteiger partial charge in [0.15, 0.2) is 0 Å². The standard InChI is InChI=1S/C44H68ClN5O8/c1-11-27(3)37-42(56)50-20-12-13-34(50)43(57)58-36(44(6,7)8)24-26(2)23-35(51)28(4)39(53)49-21-18-31(19-22-49)38(52)46-33(25-30-14-16-32(45)17-15-30)41(55)47(9)29(5)40(54)48(37)10/h14-17,26-29,31,33-37,51H,11-13,18-25H2,1-10H3,(H,46,52)/t26-,27-,28+,29+,33-,34-,35-,36-,37-/m0/s1. The Bertz CT molecular complexity index is 1630. The maximum atomic E-state index is 14.5. The Morgan fingerprint density at radius 3 is 2.07 bits per heavy atom. The summed E-state index contributed by atoms with van der Waals surface area (Å²) in [7, 11) is 3.09. The number of piperidine rings is 1. The van der Waals surface area contributed by atoms with Crippen LogP contribution in [0.15, 0.2) is 24.3 Å². The molecule has 4 aliphatic rings. The summed E-state index contributed by atoms with van der Waals surface area (Å²) < 4.78 is 6.25. The van der Waals surface area contributed by atoms with E-state index < -0.39 is 71.4 Å². The number of fused-ring (bicyclic) bond motifs is 19. The van der Waals surface area contributed by atoms with Gasteiger partial charge in [0, 0.05) is 51.1 Å². The fourth-order valence-corrected chi connectivity index (χ4v) is 8.66. The summed E-state index contributed by atoms with van der Waals surface area (Å²) in [5, 5.41) is 14.8. The maximum absolute atomic E-state index is 14.5. The number of nitrogens with zero attached hydrogens (tertiary/aromatic N) is 4. The molecule has 0 saturated carbocycles. The molecule has 2 bridgehead atoms. The van der Waals surface area contributed by atoms with Crippen molar-refractivity contribution in [3.05, 3.63) is 34.9 Å². The fourth-order valence-electron chi connectivity index (χ4n) is 8.53. The van der Waals surface area contributed by atoms with Gasteiger partial charge in [0.1, 0.15) is 30.3 Å². The van der Waals surface area contributed by atoms with Gasteiger partial charge < -0.3 is 34.8 Å². The number of likely N-dealkylation sites (N-methyl/N-ethyl adjacent to an activating group) is 2. The number of carbonyl (C=O) groups is 6. The van der Waals surface area contributed by atoms with Gasteiger partial charge in [-0.05, 0) is 80.4 Å². The number of halogens is 1. The topological polar surface area (TPSA) is 157 Å². The number of hydrogen-bond donors (Lipinski definition) is 2. The first-order valence-corrected chi connectivity index (χ1v) is 21.6. The van der Waals surface area contributed by atoms with Gasteiger partial charge in [-0.1, -0.05) is 78.6 Å². The highest BCUT2D eigenvalue weighted by molar-refractivity contribution is 6.30. The van der Waals surface area contributed by atoms with E-state index in [0.717, 1.165) is 5.56 Å². The second-order valence-electron chi connectivity index (χ2n) is 18.3. The number of aliphatic hydroxyl groups excluding tert-OH is 1. The summed E-state index contributed by atoms with van der Waals surface area (Å²) in [6.07, 6.45) is 1.81. The van der Waals surface area contributed by atoms with E-state index in [1.165, 1.54) is 16.8 Å². The van der Waals surface area contributed by atoms with Crippen LogP contribution >= 0.6 is 11.6 Å². The molecule has 0 aliphatic carbocycles. The summed E-state index contributed by atoms with van der Waals surface area (Å²) in [6.45, 7) is 16.1. The first-order valence-electron chi connectivity index (χ1n) is 21.2. The lowest BCUT2D eigenvalue weighted by molar-refractivity contribution is -0.166. The van der Waals surface area contributed by atoms with Gasteiger partial charge in [-0.25, -0.2) is 4.79 Å². The minimum absolute atomic E-state index is 0.106. The van der Waals surface area contributed by atoms with Crippen LogP contribution in [0.5, 0.6) is 0 Å². The Hall–Kier alpha value is -3.71. The zero-order valence-corrected chi connectivity index (χ0v) is 37.1. The first-order chi connectivity index (χ1) is 27.2. The van der Waals surface area contributed by atoms with Gasteiger partial charge in [0.25, 0.3) is 0 Å². The van der Waals surface area contributed by atoms with E-state index in [0.29, 0.717) is 69.6 Å². The highest BCUT2D eigenvalue weighted by Crippen LogP contribution is 2.33. The molecule has 13 nitrogen and oxygen atoms in total. The summed E-state index contributed by atoms with van der Waals surface area (Å²) in [5.74, 6) is -3.81. The predicted octanol–water partition coefficient (Wildman–Crippen LogP) is 4.70. The Morgan fingerprint density at radius 1 is 0.862 bits per heavy atom. The van der Waals surface area contributed by atoms with Crippen molar-refractivity contribution in [2.45, 2.75) is 143 Å². The third-order valence-electron chi connectivity index (χ3n) is 12.9. The normalized spacial score (nSPS) is 31.4. The number of amides is 5. The van der Waals surface area contributed by atoms with Crippen molar-refractivity contribution >= 4 is 47.1 Å². The van der Waals surface area contributed by atoms with Crippen LogP contribution < -0.4 is 5.32 Å². The molecule has 9 atom stereocenters. The van der Waals surface area contributed by atoms with Crippen LogP contribution in [0.3, 0.4) is 0 Å². The Balaban J connectivity index is 1.70. The number of rotatable bonds is 4. The molecule has 4 saturated heterocycles. The molecule has 1 aromatic carbocycles. The molecule has 0 aromatic heterocycles. The molecule has 324 valence electrons. The zero-order valence-electron chi connectivity index (χ0n) is 36.3. The highest BCUT2D eigenvalue weighted by Gasteiger charge is 2.45. The molecule has 5 amide bonds. The molecule has 1 aromatic rings. The number of nitrogens with one attached hydrogen (secondary N) is 1. The monoisotopic (exact) mass is 829 g/mol. The van der Waals surface area contributed by atoms with Gasteiger partial charge >= 0.3 is 5.97 Å². The number of aliphatic hydroxyl groups is 1. The molecular formula is C44H68ClN5O8. The van der Waals surface area contributed by atoms with Crippen LogP contribution in [0.2, 0.25) is 5.02 Å². The third-order valence-corrected chi connectivity index (χ3v) is 13.1. The smallest absolute Gasteiger partial charge is 0.329 e. The highest BCUT2D eigenvalue weighted by atomic mass is 35.5. The van der Waals surface area contributed by atoms with Gasteiger partial charge in [-0.3, -0.25) is 24.0 Å². The van der Waals surface area contributed by atoms with Crippen LogP contribution in [-0.4, -0.2) is 130 Å². The number of ether oxygens (including phenoxy) is 1. The Kier molecular flexibility index (Phi) is 16.2.